The maximum Gasteiger partial charge on any atom is 0.0717 e. The minimum Gasteiger partial charge on any atom is -0.117 e. The van der Waals surface area contributed by atoms with Crippen LogP contribution in [0, 0.1) is 23.7 Å². The van der Waals surface area contributed by atoms with Crippen molar-refractivity contribution in [2.24, 2.45) is 0 Å². The summed E-state index contributed by atoms with van der Waals surface area (Å²) in [5.41, 5.74) is 0. The Morgan fingerprint density at radius 3 is 1.07 bits per heavy atom. The molecule has 0 aromatic heterocycles. The summed E-state index contributed by atoms with van der Waals surface area (Å²) in [5.74, 6) is 17.8. The molecular weight excluding hydrogens is 769 g/mol. The lowest BCUT2D eigenvalue weighted by Gasteiger charge is -2.03. The van der Waals surface area contributed by atoms with E-state index in [1.165, 1.54) is 108 Å². The van der Waals surface area contributed by atoms with Crippen molar-refractivity contribution in [2.45, 2.75) is 79.1 Å². The highest BCUT2D eigenvalue weighted by atomic mass is 32.3. The third-order valence-corrected chi connectivity index (χ3v) is 22.7. The van der Waals surface area contributed by atoms with Gasteiger partial charge >= 0.3 is 0 Å². The van der Waals surface area contributed by atoms with E-state index in [4.69, 9.17) is 0 Å². The van der Waals surface area contributed by atoms with E-state index in [0.29, 0.717) is 0 Å². The van der Waals surface area contributed by atoms with Crippen LogP contribution in [0.15, 0.2) is 54.5 Å². The van der Waals surface area contributed by atoms with Crippen LogP contribution in [0.2, 0.25) is 0 Å². The van der Waals surface area contributed by atoms with Crippen LogP contribution in [0.4, 0.5) is 0 Å². The highest BCUT2D eigenvalue weighted by molar-refractivity contribution is 8.43. The van der Waals surface area contributed by atoms with E-state index in [0.717, 1.165) is 9.81 Å². The van der Waals surface area contributed by atoms with Gasteiger partial charge in [0.15, 0.2) is 0 Å². The summed E-state index contributed by atoms with van der Waals surface area (Å²) in [7, 11) is 0. The van der Waals surface area contributed by atoms with Gasteiger partial charge in [-0.25, -0.2) is 0 Å². The normalized spacial score (nSPS) is 18.3. The molecule has 0 saturated heterocycles. The first kappa shape index (κ1) is 38.6. The third kappa shape index (κ3) is 12.9. The summed E-state index contributed by atoms with van der Waals surface area (Å²) < 4.78 is 11.6. The lowest BCUT2D eigenvalue weighted by Crippen LogP contribution is -1.80. The largest absolute Gasteiger partial charge is 0.117 e. The molecule has 0 N–H and O–H groups in total. The Balaban J connectivity index is 1.29. The lowest BCUT2D eigenvalue weighted by atomic mass is 10.4. The molecule has 0 aliphatic carbocycles. The molecule has 0 saturated carbocycles. The van der Waals surface area contributed by atoms with Gasteiger partial charge in [0.05, 0.1) is 43.7 Å². The average molecular weight is 807 g/mol. The van der Waals surface area contributed by atoms with Gasteiger partial charge < -0.3 is 0 Å². The predicted octanol–water partition coefficient (Wildman–Crippen LogP) is 15.2. The molecule has 238 valence electrons. The monoisotopic (exact) mass is 806 g/mol. The zero-order valence-corrected chi connectivity index (χ0v) is 35.3. The van der Waals surface area contributed by atoms with Crippen molar-refractivity contribution in [1.82, 2.24) is 0 Å². The molecule has 0 unspecified atom stereocenters. The highest BCUT2D eigenvalue weighted by Crippen LogP contribution is 2.63. The van der Waals surface area contributed by atoms with Crippen LogP contribution < -0.4 is 0 Å². The van der Waals surface area contributed by atoms with Crippen LogP contribution in [-0.2, 0) is 0 Å². The van der Waals surface area contributed by atoms with Gasteiger partial charge in [-0.2, -0.15) is 0 Å². The Hall–Kier alpha value is 1.76. The lowest BCUT2D eigenvalue weighted by molar-refractivity contribution is 0.897. The van der Waals surface area contributed by atoms with E-state index in [1.807, 2.05) is 141 Å². The van der Waals surface area contributed by atoms with Gasteiger partial charge in [-0.15, -0.1) is 47.0 Å². The first-order chi connectivity index (χ1) is 21.6. The number of allylic oxidation sites excluding steroid dienone is 2. The number of rotatable bonds is 16. The molecule has 4 rings (SSSR count). The van der Waals surface area contributed by atoms with Gasteiger partial charge in [-0.05, 0) is 83.2 Å². The van der Waals surface area contributed by atoms with Crippen LogP contribution >= 0.6 is 141 Å². The van der Waals surface area contributed by atoms with E-state index < -0.39 is 0 Å². The molecule has 12 heteroatoms. The van der Waals surface area contributed by atoms with Gasteiger partial charge in [0.2, 0.25) is 0 Å². The molecule has 44 heavy (non-hydrogen) atoms. The standard InChI is InChI=1S/C32H38S12/c1-5-9-17-33-25-26(34-18-10-6-2)42-31(41-25)29-37-21-23(39-29)15-13-14-16-24-22-38-30(40-24)32-43-27(35-19-11-7-3)28(44-32)36-20-12-8-4/h21-22H,5-12,17-20H2,1-4H3. The summed E-state index contributed by atoms with van der Waals surface area (Å²) in [6.45, 7) is 9.10. The molecule has 4 heterocycles. The van der Waals surface area contributed by atoms with E-state index in [1.54, 1.807) is 0 Å². The second-order valence-corrected chi connectivity index (χ2v) is 23.9. The first-order valence-corrected chi connectivity index (χ1v) is 25.6. The second kappa shape index (κ2) is 22.5. The van der Waals surface area contributed by atoms with Gasteiger partial charge in [-0.3, -0.25) is 0 Å². The molecule has 4 aliphatic heterocycles. The number of thioether (sulfide) groups is 12. The molecule has 0 aromatic carbocycles. The second-order valence-electron chi connectivity index (χ2n) is 9.42. The SMILES string of the molecule is CCCCSC1=C(SCCCC)SC(=C2SC=C(C#CC#CC3=CSC(=C4SC(SCCCC)=C(SCCCC)S4)S3)S2)S1. The Labute approximate surface area is 317 Å². The first-order valence-electron chi connectivity index (χ1n) is 15.0. The van der Waals surface area contributed by atoms with Gasteiger partial charge in [0.1, 0.15) is 0 Å². The van der Waals surface area contributed by atoms with E-state index >= 15 is 0 Å². The van der Waals surface area contributed by atoms with E-state index in [-0.39, 0.29) is 0 Å². The number of hydrogen-bond donors (Lipinski definition) is 0. The minimum absolute atomic E-state index is 1.11. The smallest absolute Gasteiger partial charge is 0.0717 e. The van der Waals surface area contributed by atoms with E-state index in [2.05, 4.69) is 62.2 Å². The molecule has 4 aliphatic rings. The van der Waals surface area contributed by atoms with Crippen molar-refractivity contribution in [1.29, 1.82) is 0 Å². The summed E-state index contributed by atoms with van der Waals surface area (Å²) in [5, 5.41) is 4.40. The van der Waals surface area contributed by atoms with Crippen LogP contribution in [0.25, 0.3) is 0 Å². The van der Waals surface area contributed by atoms with Gasteiger partial charge in [-0.1, -0.05) is 147 Å². The van der Waals surface area contributed by atoms with Crippen LogP contribution in [0.5, 0.6) is 0 Å². The molecule has 0 nitrogen and oxygen atoms in total. The predicted molar refractivity (Wildman–Crippen MR) is 230 cm³/mol. The fraction of sp³-hybridized carbons (Fsp3) is 0.500. The van der Waals surface area contributed by atoms with Crippen molar-refractivity contribution < 1.29 is 0 Å². The Morgan fingerprint density at radius 2 is 0.773 bits per heavy atom. The molecule has 0 radical (unpaired) electrons. The average Bonchev–Trinajstić information content (AvgIpc) is 3.83. The van der Waals surface area contributed by atoms with Crippen LogP contribution in [0.3, 0.4) is 0 Å². The van der Waals surface area contributed by atoms with Crippen molar-refractivity contribution in [3.05, 3.63) is 54.5 Å². The molecule has 0 amide bonds. The Kier molecular flexibility index (Phi) is 19.7. The summed E-state index contributed by atoms with van der Waals surface area (Å²) in [4.78, 5) is 2.22. The fourth-order valence-corrected chi connectivity index (χ4v) is 20.4. The third-order valence-electron chi connectivity index (χ3n) is 5.72. The summed E-state index contributed by atoms with van der Waals surface area (Å²) >= 11 is 23.4. The van der Waals surface area contributed by atoms with Crippen LogP contribution in [-0.4, -0.2) is 23.0 Å². The molecule has 0 spiro atoms. The van der Waals surface area contributed by atoms with Gasteiger partial charge in [0.25, 0.3) is 0 Å². The topological polar surface area (TPSA) is 0 Å². The maximum atomic E-state index is 3.32. The number of hydrogen-bond acceptors (Lipinski definition) is 12. The van der Waals surface area contributed by atoms with Crippen molar-refractivity contribution in [3.8, 4) is 23.7 Å². The van der Waals surface area contributed by atoms with E-state index in [9.17, 15) is 0 Å². The molecule has 0 fully saturated rings. The van der Waals surface area contributed by atoms with Crippen molar-refractivity contribution in [2.75, 3.05) is 23.0 Å². The van der Waals surface area contributed by atoms with Gasteiger partial charge in [0, 0.05) is 0 Å². The van der Waals surface area contributed by atoms with Crippen LogP contribution in [0.1, 0.15) is 79.1 Å². The van der Waals surface area contributed by atoms with Crippen molar-refractivity contribution >= 4 is 141 Å². The quantitative estimate of drug-likeness (QED) is 0.108. The number of unbranched alkanes of at least 4 members (excludes halogenated alkanes) is 4. The Morgan fingerprint density at radius 1 is 0.455 bits per heavy atom. The maximum absolute atomic E-state index is 3.32. The van der Waals surface area contributed by atoms with Crippen molar-refractivity contribution in [3.63, 3.8) is 0 Å². The minimum atomic E-state index is 1.11. The highest BCUT2D eigenvalue weighted by Gasteiger charge is 2.28. The summed E-state index contributed by atoms with van der Waals surface area (Å²) in [6, 6.07) is 0. The molecular formula is C32H38S12. The molecule has 0 aromatic rings. The Bertz CT molecular complexity index is 1180. The molecule has 0 bridgehead atoms. The zero-order chi connectivity index (χ0) is 31.0. The summed E-state index contributed by atoms with van der Waals surface area (Å²) in [6.07, 6.45) is 10.2. The zero-order valence-electron chi connectivity index (χ0n) is 25.5. The fourth-order valence-electron chi connectivity index (χ4n) is 3.29. The molecule has 0 atom stereocenters.